The molecule has 1 aliphatic rings. The number of piperidine rings is 1. The topological polar surface area (TPSA) is 83.9 Å². The highest BCUT2D eigenvalue weighted by atomic mass is 16.2. The van der Waals surface area contributed by atoms with Crippen LogP contribution in [0, 0.1) is 5.92 Å². The monoisotopic (exact) mass is 312 g/mol. The number of aromatic nitrogens is 4. The lowest BCUT2D eigenvalue weighted by Crippen LogP contribution is -2.41. The van der Waals surface area contributed by atoms with Crippen molar-refractivity contribution in [2.45, 2.75) is 19.3 Å². The number of amides is 1. The highest BCUT2D eigenvalue weighted by Gasteiger charge is 2.26. The van der Waals surface area contributed by atoms with Crippen LogP contribution in [-0.4, -0.2) is 51.1 Å². The Hall–Kier alpha value is -2.57. The Labute approximate surface area is 135 Å². The van der Waals surface area contributed by atoms with Gasteiger partial charge in [0.2, 0.25) is 0 Å². The van der Waals surface area contributed by atoms with Gasteiger partial charge in [-0.05, 0) is 37.3 Å². The molecule has 0 bridgehead atoms. The van der Waals surface area contributed by atoms with Gasteiger partial charge in [-0.25, -0.2) is 4.98 Å². The number of nitrogens with one attached hydrogen (secondary N) is 1. The summed E-state index contributed by atoms with van der Waals surface area (Å²) < 4.78 is 0. The van der Waals surface area contributed by atoms with Crippen LogP contribution in [0.3, 0.4) is 0 Å². The van der Waals surface area contributed by atoms with Crippen molar-refractivity contribution >= 4 is 11.7 Å². The van der Waals surface area contributed by atoms with E-state index in [4.69, 9.17) is 0 Å². The fraction of sp³-hybridized carbons (Fsp3) is 0.438. The molecule has 3 rings (SSSR count). The van der Waals surface area contributed by atoms with Gasteiger partial charge < -0.3 is 10.2 Å². The first-order valence-electron chi connectivity index (χ1n) is 7.82. The Morgan fingerprint density at radius 3 is 3.00 bits per heavy atom. The predicted molar refractivity (Wildman–Crippen MR) is 85.9 cm³/mol. The minimum Gasteiger partial charge on any atom is -0.372 e. The molecular formula is C16H20N6O. The summed E-state index contributed by atoms with van der Waals surface area (Å²) in [6.07, 6.45) is 7.86. The van der Waals surface area contributed by atoms with Crippen molar-refractivity contribution in [2.24, 2.45) is 5.92 Å². The van der Waals surface area contributed by atoms with E-state index in [0.717, 1.165) is 43.9 Å². The number of rotatable bonds is 4. The van der Waals surface area contributed by atoms with Crippen LogP contribution >= 0.6 is 0 Å². The average Bonchev–Trinajstić information content (AvgIpc) is 2.62. The van der Waals surface area contributed by atoms with E-state index in [-0.39, 0.29) is 5.91 Å². The van der Waals surface area contributed by atoms with E-state index in [0.29, 0.717) is 11.6 Å². The number of hydrogen-bond donors (Lipinski definition) is 1. The Morgan fingerprint density at radius 1 is 1.35 bits per heavy atom. The van der Waals surface area contributed by atoms with Gasteiger partial charge in [-0.1, -0.05) is 0 Å². The Bertz CT molecular complexity index is 663. The van der Waals surface area contributed by atoms with Crippen LogP contribution in [0.15, 0.2) is 30.7 Å². The molecule has 1 atom stereocenters. The van der Waals surface area contributed by atoms with Gasteiger partial charge in [0.15, 0.2) is 5.69 Å². The first kappa shape index (κ1) is 15.3. The lowest BCUT2D eigenvalue weighted by atomic mass is 9.93. The van der Waals surface area contributed by atoms with Gasteiger partial charge in [-0.3, -0.25) is 9.78 Å². The molecule has 0 unspecified atom stereocenters. The lowest BCUT2D eigenvalue weighted by Gasteiger charge is -2.32. The zero-order chi connectivity index (χ0) is 16.1. The van der Waals surface area contributed by atoms with E-state index in [1.165, 1.54) is 0 Å². The number of nitrogens with zero attached hydrogens (tertiary/aromatic N) is 5. The predicted octanol–water partition coefficient (Wildman–Crippen LogP) is 1.40. The number of hydrogen-bond acceptors (Lipinski definition) is 6. The van der Waals surface area contributed by atoms with Crippen molar-refractivity contribution in [3.8, 4) is 0 Å². The second-order valence-corrected chi connectivity index (χ2v) is 5.67. The van der Waals surface area contributed by atoms with Crippen LogP contribution in [0.2, 0.25) is 0 Å². The molecule has 3 heterocycles. The van der Waals surface area contributed by atoms with Gasteiger partial charge >= 0.3 is 0 Å². The molecule has 0 spiro atoms. The zero-order valence-corrected chi connectivity index (χ0v) is 13.1. The van der Waals surface area contributed by atoms with E-state index in [2.05, 4.69) is 25.5 Å². The first-order valence-corrected chi connectivity index (χ1v) is 7.82. The third kappa shape index (κ3) is 3.61. The maximum atomic E-state index is 12.5. The van der Waals surface area contributed by atoms with Gasteiger partial charge in [0.1, 0.15) is 5.82 Å². The second-order valence-electron chi connectivity index (χ2n) is 5.67. The third-order valence-corrected chi connectivity index (χ3v) is 4.09. The minimum absolute atomic E-state index is 0.0456. The smallest absolute Gasteiger partial charge is 0.274 e. The van der Waals surface area contributed by atoms with Gasteiger partial charge in [0.25, 0.3) is 5.91 Å². The number of anilines is 1. The zero-order valence-electron chi connectivity index (χ0n) is 13.1. The Morgan fingerprint density at radius 2 is 2.22 bits per heavy atom. The summed E-state index contributed by atoms with van der Waals surface area (Å²) in [4.78, 5) is 23.1. The molecule has 2 aromatic heterocycles. The van der Waals surface area contributed by atoms with E-state index in [1.54, 1.807) is 30.7 Å². The lowest BCUT2D eigenvalue weighted by molar-refractivity contribution is 0.0665. The SMILES string of the molecule is CNc1nccnc1C[C@@H]1CCCN(C(=O)c2cccnn2)C1. The van der Waals surface area contributed by atoms with Crippen LogP contribution in [0.1, 0.15) is 29.0 Å². The summed E-state index contributed by atoms with van der Waals surface area (Å²) in [5.74, 6) is 1.15. The molecule has 7 nitrogen and oxygen atoms in total. The van der Waals surface area contributed by atoms with Gasteiger partial charge in [-0.2, -0.15) is 5.10 Å². The van der Waals surface area contributed by atoms with Crippen LogP contribution in [0.5, 0.6) is 0 Å². The van der Waals surface area contributed by atoms with Crippen molar-refractivity contribution < 1.29 is 4.79 Å². The number of likely N-dealkylation sites (tertiary alicyclic amines) is 1. The fourth-order valence-electron chi connectivity index (χ4n) is 2.99. The molecule has 120 valence electrons. The fourth-order valence-corrected chi connectivity index (χ4v) is 2.99. The molecule has 0 radical (unpaired) electrons. The summed E-state index contributed by atoms with van der Waals surface area (Å²) in [5, 5.41) is 10.8. The van der Waals surface area contributed by atoms with Gasteiger partial charge in [0, 0.05) is 38.7 Å². The maximum absolute atomic E-state index is 12.5. The number of carbonyl (C=O) groups excluding carboxylic acids is 1. The molecular weight excluding hydrogens is 292 g/mol. The summed E-state index contributed by atoms with van der Waals surface area (Å²) >= 11 is 0. The van der Waals surface area contributed by atoms with Crippen molar-refractivity contribution in [1.82, 2.24) is 25.1 Å². The molecule has 7 heteroatoms. The Balaban J connectivity index is 1.68. The van der Waals surface area contributed by atoms with Crippen LogP contribution in [-0.2, 0) is 6.42 Å². The molecule has 1 amide bonds. The van der Waals surface area contributed by atoms with Crippen molar-refractivity contribution in [1.29, 1.82) is 0 Å². The van der Waals surface area contributed by atoms with E-state index >= 15 is 0 Å². The number of carbonyl (C=O) groups is 1. The molecule has 0 aromatic carbocycles. The van der Waals surface area contributed by atoms with Gasteiger partial charge in [0.05, 0.1) is 5.69 Å². The minimum atomic E-state index is -0.0456. The van der Waals surface area contributed by atoms with E-state index < -0.39 is 0 Å². The maximum Gasteiger partial charge on any atom is 0.274 e. The summed E-state index contributed by atoms with van der Waals surface area (Å²) in [6.45, 7) is 1.49. The highest BCUT2D eigenvalue weighted by Crippen LogP contribution is 2.23. The molecule has 2 aromatic rings. The van der Waals surface area contributed by atoms with Crippen LogP contribution < -0.4 is 5.32 Å². The van der Waals surface area contributed by atoms with E-state index in [9.17, 15) is 4.79 Å². The molecule has 0 aliphatic carbocycles. The quantitative estimate of drug-likeness (QED) is 0.919. The Kier molecular flexibility index (Phi) is 4.75. The van der Waals surface area contributed by atoms with E-state index in [1.807, 2.05) is 11.9 Å². The molecule has 1 N–H and O–H groups in total. The summed E-state index contributed by atoms with van der Waals surface area (Å²) in [6, 6.07) is 3.45. The molecule has 23 heavy (non-hydrogen) atoms. The van der Waals surface area contributed by atoms with Crippen molar-refractivity contribution in [3.63, 3.8) is 0 Å². The normalized spacial score (nSPS) is 17.8. The first-order chi connectivity index (χ1) is 11.3. The van der Waals surface area contributed by atoms with Gasteiger partial charge in [-0.15, -0.1) is 5.10 Å². The molecule has 1 aliphatic heterocycles. The summed E-state index contributed by atoms with van der Waals surface area (Å²) in [7, 11) is 1.85. The molecule has 1 saturated heterocycles. The molecule has 1 fully saturated rings. The average molecular weight is 312 g/mol. The van der Waals surface area contributed by atoms with Crippen LogP contribution in [0.4, 0.5) is 5.82 Å². The van der Waals surface area contributed by atoms with Crippen LogP contribution in [0.25, 0.3) is 0 Å². The standard InChI is InChI=1S/C16H20N6O/c1-17-15-14(18-7-8-19-15)10-12-4-3-9-22(11-12)16(23)13-5-2-6-20-21-13/h2,5-8,12H,3-4,9-11H2,1H3,(H,17,19)/t12-/m0/s1. The third-order valence-electron chi connectivity index (χ3n) is 4.09. The van der Waals surface area contributed by atoms with Crippen molar-refractivity contribution in [3.05, 3.63) is 42.1 Å². The largest absolute Gasteiger partial charge is 0.372 e. The molecule has 0 saturated carbocycles. The second kappa shape index (κ2) is 7.13. The van der Waals surface area contributed by atoms with Crippen molar-refractivity contribution in [2.75, 3.05) is 25.5 Å². The summed E-state index contributed by atoms with van der Waals surface area (Å²) in [5.41, 5.74) is 1.36. The highest BCUT2D eigenvalue weighted by molar-refractivity contribution is 5.92.